The van der Waals surface area contributed by atoms with E-state index in [0.717, 1.165) is 30.3 Å². The van der Waals surface area contributed by atoms with Gasteiger partial charge in [0.1, 0.15) is 0 Å². The highest BCUT2D eigenvalue weighted by Gasteiger charge is 2.39. The van der Waals surface area contributed by atoms with Crippen molar-refractivity contribution in [2.24, 2.45) is 0 Å². The summed E-state index contributed by atoms with van der Waals surface area (Å²) in [5.74, 6) is 0. The molecule has 0 saturated heterocycles. The summed E-state index contributed by atoms with van der Waals surface area (Å²) in [4.78, 5) is 0. The second-order valence-electron chi connectivity index (χ2n) is 23.8. The van der Waals surface area contributed by atoms with Gasteiger partial charge >= 0.3 is 30.9 Å². The summed E-state index contributed by atoms with van der Waals surface area (Å²) in [6.07, 6.45) is -24.1. The van der Waals surface area contributed by atoms with E-state index in [2.05, 4.69) is 0 Å². The van der Waals surface area contributed by atoms with Crippen LogP contribution in [0.25, 0.3) is 139 Å². The van der Waals surface area contributed by atoms with E-state index in [1.54, 1.807) is 146 Å². The fourth-order valence-electron chi connectivity index (χ4n) is 13.5. The lowest BCUT2D eigenvalue weighted by Gasteiger charge is -2.19. The van der Waals surface area contributed by atoms with Gasteiger partial charge in [0.2, 0.25) is 0 Å². The number of halogens is 15. The fourth-order valence-corrected chi connectivity index (χ4v) is 13.5. The van der Waals surface area contributed by atoms with E-state index < -0.39 is 58.7 Å². The summed E-state index contributed by atoms with van der Waals surface area (Å²) < 4.78 is 227. The Morgan fingerprint density at radius 1 is 0.172 bits per heavy atom. The van der Waals surface area contributed by atoms with Gasteiger partial charge in [0.25, 0.3) is 0 Å². The summed E-state index contributed by atoms with van der Waals surface area (Å²) in [5, 5.41) is 0.735. The monoisotopic (exact) mass is 1340 g/mol. The van der Waals surface area contributed by atoms with Crippen LogP contribution in [0.15, 0.2) is 291 Å². The minimum atomic E-state index is -4.88. The van der Waals surface area contributed by atoms with E-state index in [0.29, 0.717) is 77.5 Å². The molecule has 0 aliphatic heterocycles. The molecular formula is C83H48F15N. The van der Waals surface area contributed by atoms with Crippen molar-refractivity contribution >= 4 is 21.8 Å². The van der Waals surface area contributed by atoms with Crippen molar-refractivity contribution in [3.05, 3.63) is 319 Å². The van der Waals surface area contributed by atoms with Gasteiger partial charge in [-0.05, 0) is 208 Å². The molecule has 0 atom stereocenters. The zero-order chi connectivity index (χ0) is 69.3. The number of rotatable bonds is 11. The van der Waals surface area contributed by atoms with Gasteiger partial charge in [-0.3, -0.25) is 0 Å². The topological polar surface area (TPSA) is 4.93 Å². The van der Waals surface area contributed by atoms with Gasteiger partial charge in [-0.2, -0.15) is 65.9 Å². The van der Waals surface area contributed by atoms with Gasteiger partial charge in [-0.1, -0.05) is 194 Å². The molecule has 1 nitrogen and oxygen atoms in total. The van der Waals surface area contributed by atoms with Crippen molar-refractivity contribution in [1.29, 1.82) is 0 Å². The number of aromatic nitrogens is 1. The maximum absolute atomic E-state index is 15.4. The Morgan fingerprint density at radius 3 is 0.646 bits per heavy atom. The lowest BCUT2D eigenvalue weighted by Crippen LogP contribution is -2.10. The van der Waals surface area contributed by atoms with Crippen molar-refractivity contribution in [3.63, 3.8) is 0 Å². The van der Waals surface area contributed by atoms with Gasteiger partial charge < -0.3 is 4.57 Å². The van der Waals surface area contributed by atoms with Crippen LogP contribution in [0.2, 0.25) is 0 Å². The molecule has 13 aromatic carbocycles. The molecule has 490 valence electrons. The SMILES string of the molecule is FC(F)(F)c1ccccc1-c1ccccc1-c1cc(-c2ccc3c(c2)c2cc(-c4cc(-c5ccccc5-c5ccccc5C(F)(F)F)cc(-c5ccccc5-c5ccccc5C(F)(F)F)c4)ccc2n3-c2ccccc2C(F)(F)F)cc(-c2ccccc2-c2ccccc2C(F)(F)F)c1. The van der Waals surface area contributed by atoms with Crippen LogP contribution < -0.4 is 0 Å². The minimum Gasteiger partial charge on any atom is -0.309 e. The standard InChI is InChI=1S/C83H48F15N/c84-79(85,86)71-31-13-9-27-65(71)61-23-5-1-19-57(61)53-41-51(42-54(45-53)58-20-2-6-24-62(58)66-28-10-14-32-72(66)80(87,88)89)49-37-39-76-69(47-49)70-48-50(38-40-77(70)99(76)78-36-18-17-35-75(78)83(96,97)98)52-43-55(59-21-3-7-25-63(59)67-29-11-15-33-73(67)81(90,91)92)46-56(44-52)60-22-4-8-26-64(60)68-30-12-16-34-74(68)82(93,94)95/h1-48H. The molecule has 0 N–H and O–H groups in total. The maximum atomic E-state index is 15.4. The molecule has 0 spiro atoms. The van der Waals surface area contributed by atoms with E-state index in [1.165, 1.54) is 120 Å². The van der Waals surface area contributed by atoms with Crippen molar-refractivity contribution < 1.29 is 65.9 Å². The number of para-hydroxylation sites is 1. The molecule has 0 fully saturated rings. The Kier molecular flexibility index (Phi) is 16.3. The first kappa shape index (κ1) is 64.9. The van der Waals surface area contributed by atoms with Gasteiger partial charge in [0, 0.05) is 10.8 Å². The molecule has 14 aromatic rings. The summed E-state index contributed by atoms with van der Waals surface area (Å²) in [5.41, 5.74) is -0.0286. The zero-order valence-corrected chi connectivity index (χ0v) is 51.3. The molecule has 99 heavy (non-hydrogen) atoms. The Bertz CT molecular complexity index is 4900. The quantitative estimate of drug-likeness (QED) is 0.114. The summed E-state index contributed by atoms with van der Waals surface area (Å²) in [6, 6.07) is 71.0. The first-order valence-corrected chi connectivity index (χ1v) is 30.9. The highest BCUT2D eigenvalue weighted by Crippen LogP contribution is 2.50. The number of hydrogen-bond acceptors (Lipinski definition) is 0. The van der Waals surface area contributed by atoms with Crippen molar-refractivity contribution in [3.8, 4) is 117 Å². The number of fused-ring (bicyclic) bond motifs is 3. The van der Waals surface area contributed by atoms with E-state index >= 15 is 13.2 Å². The molecule has 16 heteroatoms. The van der Waals surface area contributed by atoms with Crippen LogP contribution in [0.4, 0.5) is 65.9 Å². The third-order valence-corrected chi connectivity index (χ3v) is 17.8. The van der Waals surface area contributed by atoms with Gasteiger partial charge in [-0.25, -0.2) is 0 Å². The number of benzene rings is 13. The molecule has 1 aromatic heterocycles. The van der Waals surface area contributed by atoms with Gasteiger partial charge in [-0.15, -0.1) is 0 Å². The average molecular weight is 1340 g/mol. The Labute approximate surface area is 556 Å². The van der Waals surface area contributed by atoms with Crippen molar-refractivity contribution in [2.75, 3.05) is 0 Å². The van der Waals surface area contributed by atoms with Crippen LogP contribution in [0.3, 0.4) is 0 Å². The van der Waals surface area contributed by atoms with Crippen LogP contribution in [-0.4, -0.2) is 4.57 Å². The lowest BCUT2D eigenvalue weighted by molar-refractivity contribution is -0.138. The Morgan fingerprint density at radius 2 is 0.384 bits per heavy atom. The van der Waals surface area contributed by atoms with Crippen LogP contribution in [0.5, 0.6) is 0 Å². The van der Waals surface area contributed by atoms with Crippen molar-refractivity contribution in [2.45, 2.75) is 30.9 Å². The number of alkyl halides is 15. The zero-order valence-electron chi connectivity index (χ0n) is 51.3. The first-order chi connectivity index (χ1) is 47.3. The number of nitrogens with zero attached hydrogens (tertiary/aromatic N) is 1. The van der Waals surface area contributed by atoms with E-state index in [4.69, 9.17) is 0 Å². The summed E-state index contributed by atoms with van der Waals surface area (Å²) in [7, 11) is 0. The molecule has 0 unspecified atom stereocenters. The first-order valence-electron chi connectivity index (χ1n) is 30.9. The Balaban J connectivity index is 1.04. The van der Waals surface area contributed by atoms with Crippen LogP contribution in [0.1, 0.15) is 27.8 Å². The molecule has 0 bridgehead atoms. The smallest absolute Gasteiger partial charge is 0.309 e. The fraction of sp³-hybridized carbons (Fsp3) is 0.0602. The Hall–Kier alpha value is -11.4. The molecule has 14 rings (SSSR count). The second kappa shape index (κ2) is 24.9. The van der Waals surface area contributed by atoms with Gasteiger partial charge in [0.05, 0.1) is 44.5 Å². The number of hydrogen-bond donors (Lipinski definition) is 0. The predicted octanol–water partition coefficient (Wildman–Crippen LogP) is 26.5. The highest BCUT2D eigenvalue weighted by molar-refractivity contribution is 6.12. The van der Waals surface area contributed by atoms with Crippen LogP contribution in [-0.2, 0) is 30.9 Å². The normalized spacial score (nSPS) is 12.4. The summed E-state index contributed by atoms with van der Waals surface area (Å²) in [6.45, 7) is 0. The van der Waals surface area contributed by atoms with E-state index in [-0.39, 0.29) is 61.2 Å². The third kappa shape index (κ3) is 12.4. The maximum Gasteiger partial charge on any atom is 0.418 e. The molecule has 0 amide bonds. The lowest BCUT2D eigenvalue weighted by atomic mass is 9.86. The van der Waals surface area contributed by atoms with Crippen LogP contribution in [0, 0.1) is 0 Å². The predicted molar refractivity (Wildman–Crippen MR) is 360 cm³/mol. The van der Waals surface area contributed by atoms with Crippen LogP contribution >= 0.6 is 0 Å². The molecular weight excluding hydrogens is 1300 g/mol. The van der Waals surface area contributed by atoms with E-state index in [9.17, 15) is 52.7 Å². The highest BCUT2D eigenvalue weighted by atomic mass is 19.4. The third-order valence-electron chi connectivity index (χ3n) is 17.8. The molecule has 0 radical (unpaired) electrons. The second-order valence-corrected chi connectivity index (χ2v) is 23.8. The van der Waals surface area contributed by atoms with E-state index in [1.807, 2.05) is 0 Å². The van der Waals surface area contributed by atoms with Gasteiger partial charge in [0.15, 0.2) is 0 Å². The summed E-state index contributed by atoms with van der Waals surface area (Å²) >= 11 is 0. The molecule has 0 saturated carbocycles. The van der Waals surface area contributed by atoms with Crippen molar-refractivity contribution in [1.82, 2.24) is 4.57 Å². The molecule has 1 heterocycles. The minimum absolute atomic E-state index is 0.152. The largest absolute Gasteiger partial charge is 0.418 e. The average Bonchev–Trinajstić information content (AvgIpc) is 1.60. The molecule has 0 aliphatic rings. The molecule has 0 aliphatic carbocycles.